The Balaban J connectivity index is 3.93. The number of amides is 2. The second-order valence-electron chi connectivity index (χ2n) is 3.39. The van der Waals surface area contributed by atoms with Crippen molar-refractivity contribution >= 4 is 12.0 Å². The lowest BCUT2D eigenvalue weighted by Crippen LogP contribution is -2.53. The van der Waals surface area contributed by atoms with E-state index >= 15 is 0 Å². The molecule has 0 aromatic carbocycles. The molecule has 0 bridgehead atoms. The van der Waals surface area contributed by atoms with E-state index < -0.39 is 17.5 Å². The molecule has 0 aromatic rings. The Kier molecular flexibility index (Phi) is 4.69. The molecule has 0 atom stereocenters. The van der Waals surface area contributed by atoms with E-state index in [4.69, 9.17) is 5.11 Å². The fourth-order valence-electron chi connectivity index (χ4n) is 0.669. The van der Waals surface area contributed by atoms with Gasteiger partial charge in [-0.25, -0.2) is 9.59 Å². The number of urea groups is 1. The highest BCUT2D eigenvalue weighted by Gasteiger charge is 2.28. The Morgan fingerprint density at radius 1 is 1.50 bits per heavy atom. The van der Waals surface area contributed by atoms with Crippen LogP contribution in [0.4, 0.5) is 4.79 Å². The van der Waals surface area contributed by atoms with Gasteiger partial charge in [-0.05, 0) is 20.3 Å². The fraction of sp³-hybridized carbons (Fsp3) is 0.556. The number of rotatable bonds is 5. The lowest BCUT2D eigenvalue weighted by molar-refractivity contribution is -0.142. The van der Waals surface area contributed by atoms with Crippen molar-refractivity contribution in [3.05, 3.63) is 12.7 Å². The van der Waals surface area contributed by atoms with Gasteiger partial charge in [-0.3, -0.25) is 0 Å². The molecule has 0 aliphatic heterocycles. The number of hydrogen-bond donors (Lipinski definition) is 3. The maximum atomic E-state index is 11.1. The predicted molar refractivity (Wildman–Crippen MR) is 53.1 cm³/mol. The molecule has 0 aromatic heterocycles. The quantitative estimate of drug-likeness (QED) is 0.452. The number of carbonyl (C=O) groups excluding carboxylic acids is 1. The Bertz CT molecular complexity index is 236. The molecule has 0 heterocycles. The molecule has 0 spiro atoms. The summed E-state index contributed by atoms with van der Waals surface area (Å²) in [6.07, 6.45) is 2.32. The van der Waals surface area contributed by atoms with Crippen molar-refractivity contribution in [2.45, 2.75) is 25.8 Å². The number of hydrogen-bond acceptors (Lipinski definition) is 2. The van der Waals surface area contributed by atoms with Crippen molar-refractivity contribution in [2.24, 2.45) is 0 Å². The Labute approximate surface area is 83.2 Å². The minimum absolute atomic E-state index is 0.449. The van der Waals surface area contributed by atoms with Gasteiger partial charge in [0.15, 0.2) is 0 Å². The van der Waals surface area contributed by atoms with Crippen LogP contribution in [0.1, 0.15) is 20.3 Å². The summed E-state index contributed by atoms with van der Waals surface area (Å²) in [5, 5.41) is 13.5. The molecule has 0 saturated carbocycles. The third-order valence-corrected chi connectivity index (χ3v) is 1.59. The van der Waals surface area contributed by atoms with Crippen LogP contribution >= 0.6 is 0 Å². The van der Waals surface area contributed by atoms with E-state index in [0.29, 0.717) is 13.0 Å². The predicted octanol–water partition coefficient (Wildman–Crippen LogP) is 0.725. The van der Waals surface area contributed by atoms with E-state index in [1.807, 2.05) is 0 Å². The van der Waals surface area contributed by atoms with E-state index in [0.717, 1.165) is 0 Å². The van der Waals surface area contributed by atoms with Crippen LogP contribution < -0.4 is 10.6 Å². The first-order chi connectivity index (χ1) is 6.40. The van der Waals surface area contributed by atoms with Gasteiger partial charge in [0, 0.05) is 6.54 Å². The van der Waals surface area contributed by atoms with E-state index in [9.17, 15) is 9.59 Å². The van der Waals surface area contributed by atoms with Crippen LogP contribution in [0, 0.1) is 0 Å². The molecule has 0 aliphatic carbocycles. The van der Waals surface area contributed by atoms with Crippen molar-refractivity contribution in [1.82, 2.24) is 10.6 Å². The van der Waals surface area contributed by atoms with Crippen molar-refractivity contribution in [2.75, 3.05) is 6.54 Å². The first-order valence-electron chi connectivity index (χ1n) is 4.30. The zero-order valence-corrected chi connectivity index (χ0v) is 8.46. The van der Waals surface area contributed by atoms with Gasteiger partial charge >= 0.3 is 12.0 Å². The number of carbonyl (C=O) groups is 2. The maximum Gasteiger partial charge on any atom is 0.328 e. The highest BCUT2D eigenvalue weighted by molar-refractivity contribution is 5.85. The van der Waals surface area contributed by atoms with Crippen LogP contribution in [0.5, 0.6) is 0 Å². The van der Waals surface area contributed by atoms with Gasteiger partial charge in [0.1, 0.15) is 5.54 Å². The number of nitrogens with one attached hydrogen (secondary N) is 2. The van der Waals surface area contributed by atoms with Gasteiger partial charge in [0.2, 0.25) is 0 Å². The zero-order valence-electron chi connectivity index (χ0n) is 8.46. The molecule has 5 heteroatoms. The minimum Gasteiger partial charge on any atom is -0.480 e. The second kappa shape index (κ2) is 5.26. The minimum atomic E-state index is -1.25. The SMILES string of the molecule is C=CCCNC(=O)NC(C)(C)C(=O)O. The van der Waals surface area contributed by atoms with Gasteiger partial charge in [0.25, 0.3) is 0 Å². The third-order valence-electron chi connectivity index (χ3n) is 1.59. The van der Waals surface area contributed by atoms with Gasteiger partial charge in [-0.1, -0.05) is 6.08 Å². The Morgan fingerprint density at radius 2 is 2.07 bits per heavy atom. The second-order valence-corrected chi connectivity index (χ2v) is 3.39. The van der Waals surface area contributed by atoms with Gasteiger partial charge in [0.05, 0.1) is 0 Å². The standard InChI is InChI=1S/C9H16N2O3/c1-4-5-6-10-8(14)11-9(2,3)7(12)13/h4H,1,5-6H2,2-3H3,(H,12,13)(H2,10,11,14). The molecule has 80 valence electrons. The lowest BCUT2D eigenvalue weighted by atomic mass is 10.1. The first kappa shape index (κ1) is 12.5. The maximum absolute atomic E-state index is 11.1. The molecule has 0 fully saturated rings. The van der Waals surface area contributed by atoms with Crippen LogP contribution in [-0.2, 0) is 4.79 Å². The summed E-state index contributed by atoms with van der Waals surface area (Å²) in [7, 11) is 0. The fourth-order valence-corrected chi connectivity index (χ4v) is 0.669. The zero-order chi connectivity index (χ0) is 11.2. The topological polar surface area (TPSA) is 78.4 Å². The number of aliphatic carboxylic acids is 1. The average molecular weight is 200 g/mol. The van der Waals surface area contributed by atoms with E-state index in [1.165, 1.54) is 13.8 Å². The summed E-state index contributed by atoms with van der Waals surface area (Å²) < 4.78 is 0. The summed E-state index contributed by atoms with van der Waals surface area (Å²) in [5.74, 6) is -1.07. The Morgan fingerprint density at radius 3 is 2.50 bits per heavy atom. The van der Waals surface area contributed by atoms with Gasteiger partial charge in [-0.15, -0.1) is 6.58 Å². The molecule has 3 N–H and O–H groups in total. The first-order valence-corrected chi connectivity index (χ1v) is 4.30. The smallest absolute Gasteiger partial charge is 0.328 e. The van der Waals surface area contributed by atoms with Crippen LogP contribution in [0.2, 0.25) is 0 Å². The summed E-state index contributed by atoms with van der Waals surface area (Å²) in [5.41, 5.74) is -1.25. The van der Waals surface area contributed by atoms with Gasteiger partial charge < -0.3 is 15.7 Å². The molecular weight excluding hydrogens is 184 g/mol. The third kappa shape index (κ3) is 4.49. The monoisotopic (exact) mass is 200 g/mol. The summed E-state index contributed by atoms with van der Waals surface area (Å²) >= 11 is 0. The molecule has 0 saturated heterocycles. The van der Waals surface area contributed by atoms with E-state index in [2.05, 4.69) is 17.2 Å². The molecule has 0 unspecified atom stereocenters. The largest absolute Gasteiger partial charge is 0.480 e. The van der Waals surface area contributed by atoms with Crippen LogP contribution in [0.15, 0.2) is 12.7 Å². The summed E-state index contributed by atoms with van der Waals surface area (Å²) in [6.45, 7) is 6.78. The molecular formula is C9H16N2O3. The van der Waals surface area contributed by atoms with Gasteiger partial charge in [-0.2, -0.15) is 0 Å². The summed E-state index contributed by atoms with van der Waals surface area (Å²) in [4.78, 5) is 21.7. The Hall–Kier alpha value is -1.52. The number of carboxylic acids is 1. The molecule has 0 radical (unpaired) electrons. The van der Waals surface area contributed by atoms with E-state index in [-0.39, 0.29) is 0 Å². The summed E-state index contributed by atoms with van der Waals surface area (Å²) in [6, 6.07) is -0.487. The number of carboxylic acid groups (broad SMARTS) is 1. The van der Waals surface area contributed by atoms with E-state index in [1.54, 1.807) is 6.08 Å². The van der Waals surface area contributed by atoms with Crippen molar-refractivity contribution in [1.29, 1.82) is 0 Å². The molecule has 0 aliphatic rings. The van der Waals surface area contributed by atoms with Crippen LogP contribution in [0.3, 0.4) is 0 Å². The van der Waals surface area contributed by atoms with Crippen molar-refractivity contribution < 1.29 is 14.7 Å². The molecule has 14 heavy (non-hydrogen) atoms. The molecule has 5 nitrogen and oxygen atoms in total. The highest BCUT2D eigenvalue weighted by atomic mass is 16.4. The highest BCUT2D eigenvalue weighted by Crippen LogP contribution is 2.00. The molecule has 0 rings (SSSR count). The normalized spacial score (nSPS) is 10.4. The van der Waals surface area contributed by atoms with Crippen molar-refractivity contribution in [3.63, 3.8) is 0 Å². The lowest BCUT2D eigenvalue weighted by Gasteiger charge is -2.20. The van der Waals surface area contributed by atoms with Crippen molar-refractivity contribution in [3.8, 4) is 0 Å². The van der Waals surface area contributed by atoms with Crippen LogP contribution in [0.25, 0.3) is 0 Å². The van der Waals surface area contributed by atoms with Crippen LogP contribution in [-0.4, -0.2) is 29.2 Å². The molecule has 2 amide bonds. The average Bonchev–Trinajstić information content (AvgIpc) is 2.03.